The molecular weight excluding hydrogens is 492 g/mol. The predicted octanol–water partition coefficient (Wildman–Crippen LogP) is 4.84. The average molecular weight is 523 g/mol. The fourth-order valence-electron chi connectivity index (χ4n) is 4.70. The number of nitrogens with zero attached hydrogens (tertiary/aromatic N) is 4. The van der Waals surface area contributed by atoms with Gasteiger partial charge in [-0.05, 0) is 61.9 Å². The van der Waals surface area contributed by atoms with Gasteiger partial charge in [-0.25, -0.2) is 0 Å². The maximum atomic E-state index is 13.5. The largest absolute Gasteiger partial charge is 0.497 e. The molecule has 0 saturated carbocycles. The van der Waals surface area contributed by atoms with Crippen molar-refractivity contribution >= 4 is 46.1 Å². The summed E-state index contributed by atoms with van der Waals surface area (Å²) in [6.07, 6.45) is 5.84. The van der Waals surface area contributed by atoms with E-state index in [4.69, 9.17) is 17.0 Å². The number of pyridine rings is 1. The minimum Gasteiger partial charge on any atom is -0.497 e. The molecule has 7 nitrogen and oxygen atoms in total. The number of hydrogen-bond acceptors (Lipinski definition) is 7. The third kappa shape index (κ3) is 5.06. The van der Waals surface area contributed by atoms with E-state index in [-0.39, 0.29) is 17.0 Å². The van der Waals surface area contributed by atoms with Gasteiger partial charge in [-0.1, -0.05) is 43.0 Å². The Kier molecular flexibility index (Phi) is 8.17. The van der Waals surface area contributed by atoms with Crippen molar-refractivity contribution < 1.29 is 9.53 Å². The second-order valence-electron chi connectivity index (χ2n) is 8.97. The van der Waals surface area contributed by atoms with E-state index >= 15 is 0 Å². The highest BCUT2D eigenvalue weighted by Crippen LogP contribution is 2.37. The Morgan fingerprint density at radius 2 is 1.86 bits per heavy atom. The molecular formula is C27H30N4O3S2. The molecule has 0 atom stereocenters. The van der Waals surface area contributed by atoms with Gasteiger partial charge in [0, 0.05) is 25.2 Å². The van der Waals surface area contributed by atoms with Crippen LogP contribution in [0, 0.1) is 18.3 Å². The number of nitriles is 1. The lowest BCUT2D eigenvalue weighted by molar-refractivity contribution is -0.122. The summed E-state index contributed by atoms with van der Waals surface area (Å²) in [6.45, 7) is 6.37. The molecule has 2 saturated heterocycles. The van der Waals surface area contributed by atoms with Crippen LogP contribution < -0.4 is 15.2 Å². The van der Waals surface area contributed by atoms with Gasteiger partial charge in [0.1, 0.15) is 27.5 Å². The number of aromatic nitrogens is 1. The van der Waals surface area contributed by atoms with Crippen molar-refractivity contribution in [1.29, 1.82) is 5.26 Å². The van der Waals surface area contributed by atoms with Gasteiger partial charge in [-0.2, -0.15) is 5.26 Å². The molecule has 0 radical (unpaired) electrons. The average Bonchev–Trinajstić information content (AvgIpc) is 3.15. The van der Waals surface area contributed by atoms with Crippen LogP contribution >= 0.6 is 24.0 Å². The fraction of sp³-hybridized carbons (Fsp3) is 0.407. The summed E-state index contributed by atoms with van der Waals surface area (Å²) in [5.74, 6) is 1.38. The van der Waals surface area contributed by atoms with Gasteiger partial charge in [-0.15, -0.1) is 0 Å². The summed E-state index contributed by atoms with van der Waals surface area (Å²) in [5, 5.41) is 9.81. The summed E-state index contributed by atoms with van der Waals surface area (Å²) in [7, 11) is 1.61. The molecule has 0 N–H and O–H groups in total. The van der Waals surface area contributed by atoms with Crippen LogP contribution in [0.1, 0.15) is 54.9 Å². The zero-order valence-corrected chi connectivity index (χ0v) is 22.5. The van der Waals surface area contributed by atoms with E-state index in [1.54, 1.807) is 23.5 Å². The van der Waals surface area contributed by atoms with Crippen molar-refractivity contribution in [3.05, 3.63) is 61.8 Å². The van der Waals surface area contributed by atoms with E-state index in [2.05, 4.69) is 11.0 Å². The SMILES string of the molecule is CCCn1c(N2CCCCC2)c(C=C2SC(=S)N(Cc3ccc(OC)cc3)C2=O)c(C)c(C#N)c1=O. The van der Waals surface area contributed by atoms with Gasteiger partial charge in [0.25, 0.3) is 11.5 Å². The van der Waals surface area contributed by atoms with Crippen LogP contribution in [-0.4, -0.2) is 39.9 Å². The molecule has 2 aliphatic heterocycles. The molecule has 0 bridgehead atoms. The van der Waals surface area contributed by atoms with Crippen LogP contribution in [-0.2, 0) is 17.9 Å². The number of benzene rings is 1. The topological polar surface area (TPSA) is 78.6 Å². The number of amides is 1. The third-order valence-corrected chi connectivity index (χ3v) is 7.98. The van der Waals surface area contributed by atoms with Gasteiger partial charge in [0.2, 0.25) is 0 Å². The molecule has 1 aromatic heterocycles. The Hall–Kier alpha value is -3.09. The highest BCUT2D eigenvalue weighted by atomic mass is 32.2. The monoisotopic (exact) mass is 522 g/mol. The molecule has 2 aromatic rings. The first-order chi connectivity index (χ1) is 17.4. The standard InChI is InChI=1S/C27H30N4O3S2/c1-4-12-30-24(29-13-6-5-7-14-29)21(18(2)22(16-28)25(30)32)15-23-26(33)31(27(35)36-23)17-19-8-10-20(34-3)11-9-19/h8-11,15H,4-7,12-14,17H2,1-3H3. The summed E-state index contributed by atoms with van der Waals surface area (Å²) >= 11 is 6.83. The second-order valence-corrected chi connectivity index (χ2v) is 10.6. The number of carbonyl (C=O) groups is 1. The number of thiocarbonyl (C=S) groups is 1. The fourth-order valence-corrected chi connectivity index (χ4v) is 5.94. The van der Waals surface area contributed by atoms with Crippen LogP contribution in [0.3, 0.4) is 0 Å². The molecule has 0 aliphatic carbocycles. The van der Waals surface area contributed by atoms with Crippen molar-refractivity contribution in [2.75, 3.05) is 25.1 Å². The number of hydrogen-bond donors (Lipinski definition) is 0. The highest BCUT2D eigenvalue weighted by molar-refractivity contribution is 8.26. The minimum absolute atomic E-state index is 0.129. The number of thioether (sulfide) groups is 1. The lowest BCUT2D eigenvalue weighted by atomic mass is 10.0. The summed E-state index contributed by atoms with van der Waals surface area (Å²) in [4.78, 5) is 31.0. The predicted molar refractivity (Wildman–Crippen MR) is 148 cm³/mol. The van der Waals surface area contributed by atoms with E-state index < -0.39 is 0 Å². The first-order valence-electron chi connectivity index (χ1n) is 12.2. The van der Waals surface area contributed by atoms with Gasteiger partial charge in [0.15, 0.2) is 0 Å². The summed E-state index contributed by atoms with van der Waals surface area (Å²) in [5.41, 5.74) is 2.18. The highest BCUT2D eigenvalue weighted by Gasteiger charge is 2.33. The third-order valence-electron chi connectivity index (χ3n) is 6.60. The van der Waals surface area contributed by atoms with Crippen molar-refractivity contribution in [3.63, 3.8) is 0 Å². The number of rotatable bonds is 7. The van der Waals surface area contributed by atoms with Crippen molar-refractivity contribution in [3.8, 4) is 11.8 Å². The van der Waals surface area contributed by atoms with Crippen LogP contribution in [0.2, 0.25) is 0 Å². The van der Waals surface area contributed by atoms with Crippen molar-refractivity contribution in [2.45, 2.75) is 52.6 Å². The van der Waals surface area contributed by atoms with Crippen molar-refractivity contribution in [1.82, 2.24) is 9.47 Å². The molecule has 0 spiro atoms. The molecule has 3 heterocycles. The molecule has 1 aromatic carbocycles. The maximum absolute atomic E-state index is 13.5. The summed E-state index contributed by atoms with van der Waals surface area (Å²) in [6, 6.07) is 9.66. The lowest BCUT2D eigenvalue weighted by Crippen LogP contribution is -2.37. The Morgan fingerprint density at radius 1 is 1.17 bits per heavy atom. The Labute approximate surface area is 221 Å². The zero-order valence-electron chi connectivity index (χ0n) is 20.9. The number of piperidine rings is 1. The minimum atomic E-state index is -0.262. The molecule has 0 unspecified atom stereocenters. The Bertz CT molecular complexity index is 1300. The number of anilines is 1. The number of methoxy groups -OCH3 is 1. The van der Waals surface area contributed by atoms with Crippen LogP contribution in [0.25, 0.3) is 6.08 Å². The molecule has 2 aliphatic rings. The van der Waals surface area contributed by atoms with E-state index in [1.807, 2.05) is 37.3 Å². The first kappa shape index (κ1) is 26.0. The summed E-state index contributed by atoms with van der Waals surface area (Å²) < 4.78 is 7.43. The molecule has 1 amide bonds. The second kappa shape index (κ2) is 11.3. The lowest BCUT2D eigenvalue weighted by Gasteiger charge is -2.33. The maximum Gasteiger partial charge on any atom is 0.270 e. The van der Waals surface area contributed by atoms with E-state index in [0.29, 0.717) is 27.9 Å². The first-order valence-corrected chi connectivity index (χ1v) is 13.4. The Morgan fingerprint density at radius 3 is 2.47 bits per heavy atom. The van der Waals surface area contributed by atoms with Crippen LogP contribution in [0.4, 0.5) is 5.82 Å². The van der Waals surface area contributed by atoms with Gasteiger partial charge in [-0.3, -0.25) is 19.1 Å². The van der Waals surface area contributed by atoms with E-state index in [1.165, 1.54) is 11.8 Å². The molecule has 4 rings (SSSR count). The number of carbonyl (C=O) groups excluding carboxylic acids is 1. The van der Waals surface area contributed by atoms with Gasteiger partial charge >= 0.3 is 0 Å². The van der Waals surface area contributed by atoms with Gasteiger partial charge in [0.05, 0.1) is 18.6 Å². The normalized spacial score (nSPS) is 17.1. The van der Waals surface area contributed by atoms with Crippen LogP contribution in [0.5, 0.6) is 5.75 Å². The number of ether oxygens (including phenoxy) is 1. The van der Waals surface area contributed by atoms with Crippen molar-refractivity contribution in [2.24, 2.45) is 0 Å². The molecule has 9 heteroatoms. The molecule has 36 heavy (non-hydrogen) atoms. The Balaban J connectivity index is 1.77. The van der Waals surface area contributed by atoms with E-state index in [9.17, 15) is 14.9 Å². The zero-order chi connectivity index (χ0) is 25.8. The smallest absolute Gasteiger partial charge is 0.270 e. The van der Waals surface area contributed by atoms with E-state index in [0.717, 1.165) is 61.5 Å². The molecule has 188 valence electrons. The van der Waals surface area contributed by atoms with Crippen LogP contribution in [0.15, 0.2) is 34.0 Å². The van der Waals surface area contributed by atoms with Gasteiger partial charge < -0.3 is 9.64 Å². The quantitative estimate of drug-likeness (QED) is 0.380. The molecule has 2 fully saturated rings.